The van der Waals surface area contributed by atoms with Crippen LogP contribution in [0.3, 0.4) is 0 Å². The van der Waals surface area contributed by atoms with E-state index in [2.05, 4.69) is 33.7 Å². The molecule has 0 radical (unpaired) electrons. The van der Waals surface area contributed by atoms with E-state index in [9.17, 15) is 0 Å². The Morgan fingerprint density at radius 3 is 3.00 bits per heavy atom. The lowest BCUT2D eigenvalue weighted by atomic mass is 10.4. The van der Waals surface area contributed by atoms with E-state index in [0.717, 1.165) is 34.3 Å². The van der Waals surface area contributed by atoms with E-state index >= 15 is 0 Å². The molecular formula is C13H16ClN3S2. The van der Waals surface area contributed by atoms with Gasteiger partial charge in [-0.2, -0.15) is 0 Å². The summed E-state index contributed by atoms with van der Waals surface area (Å²) in [7, 11) is 2.07. The first-order chi connectivity index (χ1) is 9.20. The second-order valence-electron chi connectivity index (χ2n) is 4.84. The quantitative estimate of drug-likeness (QED) is 0.880. The first-order valence-electron chi connectivity index (χ1n) is 6.34. The molecule has 1 aliphatic rings. The van der Waals surface area contributed by atoms with Crippen LogP contribution in [0.5, 0.6) is 0 Å². The van der Waals surface area contributed by atoms with Gasteiger partial charge in [0.1, 0.15) is 0 Å². The van der Waals surface area contributed by atoms with Crippen LogP contribution in [0.15, 0.2) is 17.5 Å². The summed E-state index contributed by atoms with van der Waals surface area (Å²) in [5, 5.41) is 6.70. The summed E-state index contributed by atoms with van der Waals surface area (Å²) in [6.45, 7) is 1.75. The molecule has 2 aromatic heterocycles. The van der Waals surface area contributed by atoms with Crippen molar-refractivity contribution in [2.75, 3.05) is 11.9 Å². The molecule has 3 nitrogen and oxygen atoms in total. The SMILES string of the molecule is CN(Cc1ccc(Cl)s1)c1nc(CNC2CC2)cs1. The molecule has 0 atom stereocenters. The average Bonchev–Trinajstić information content (AvgIpc) is 2.94. The normalized spacial score (nSPS) is 14.8. The highest BCUT2D eigenvalue weighted by Gasteiger charge is 2.20. The van der Waals surface area contributed by atoms with E-state index in [1.807, 2.05) is 6.07 Å². The van der Waals surface area contributed by atoms with Crippen LogP contribution in [0, 0.1) is 0 Å². The molecule has 0 aliphatic heterocycles. The van der Waals surface area contributed by atoms with Crippen molar-refractivity contribution in [1.29, 1.82) is 0 Å². The maximum Gasteiger partial charge on any atom is 0.185 e. The van der Waals surface area contributed by atoms with Gasteiger partial charge in [-0.05, 0) is 25.0 Å². The molecule has 0 saturated heterocycles. The van der Waals surface area contributed by atoms with Crippen molar-refractivity contribution in [2.45, 2.75) is 32.0 Å². The number of hydrogen-bond donors (Lipinski definition) is 1. The Labute approximate surface area is 126 Å². The molecule has 2 heterocycles. The van der Waals surface area contributed by atoms with Crippen molar-refractivity contribution in [3.8, 4) is 0 Å². The van der Waals surface area contributed by atoms with Crippen molar-refractivity contribution in [1.82, 2.24) is 10.3 Å². The van der Waals surface area contributed by atoms with Crippen LogP contribution in [-0.2, 0) is 13.1 Å². The van der Waals surface area contributed by atoms with Crippen molar-refractivity contribution in [3.05, 3.63) is 32.4 Å². The average molecular weight is 314 g/mol. The van der Waals surface area contributed by atoms with Crippen molar-refractivity contribution in [2.24, 2.45) is 0 Å². The van der Waals surface area contributed by atoms with Gasteiger partial charge < -0.3 is 10.2 Å². The van der Waals surface area contributed by atoms with E-state index in [1.54, 1.807) is 22.7 Å². The lowest BCUT2D eigenvalue weighted by Gasteiger charge is -2.14. The highest BCUT2D eigenvalue weighted by atomic mass is 35.5. The Bertz CT molecular complexity index is 548. The van der Waals surface area contributed by atoms with Crippen molar-refractivity contribution >= 4 is 39.4 Å². The fourth-order valence-corrected chi connectivity index (χ4v) is 3.76. The summed E-state index contributed by atoms with van der Waals surface area (Å²) in [6, 6.07) is 4.76. The highest BCUT2D eigenvalue weighted by Crippen LogP contribution is 2.26. The third-order valence-corrected chi connectivity index (χ3v) is 5.26. The lowest BCUT2D eigenvalue weighted by molar-refractivity contribution is 0.676. The van der Waals surface area contributed by atoms with Gasteiger partial charge in [0.25, 0.3) is 0 Å². The van der Waals surface area contributed by atoms with Crippen LogP contribution in [0.2, 0.25) is 4.34 Å². The number of rotatable bonds is 6. The van der Waals surface area contributed by atoms with Gasteiger partial charge in [-0.3, -0.25) is 0 Å². The van der Waals surface area contributed by atoms with Gasteiger partial charge in [0.05, 0.1) is 16.6 Å². The smallest absolute Gasteiger partial charge is 0.185 e. The van der Waals surface area contributed by atoms with E-state index in [1.165, 1.54) is 17.7 Å². The fraction of sp³-hybridized carbons (Fsp3) is 0.462. The number of aromatic nitrogens is 1. The Morgan fingerprint density at radius 2 is 2.32 bits per heavy atom. The van der Waals surface area contributed by atoms with Crippen LogP contribution in [0.4, 0.5) is 5.13 Å². The number of nitrogens with one attached hydrogen (secondary N) is 1. The molecule has 1 N–H and O–H groups in total. The zero-order valence-corrected chi connectivity index (χ0v) is 13.1. The molecule has 0 bridgehead atoms. The molecule has 3 rings (SSSR count). The minimum atomic E-state index is 0.733. The number of anilines is 1. The lowest BCUT2D eigenvalue weighted by Crippen LogP contribution is -2.17. The number of hydrogen-bond acceptors (Lipinski definition) is 5. The Hall–Kier alpha value is -0.620. The molecule has 1 aliphatic carbocycles. The zero-order valence-electron chi connectivity index (χ0n) is 10.7. The predicted molar refractivity (Wildman–Crippen MR) is 83.4 cm³/mol. The highest BCUT2D eigenvalue weighted by molar-refractivity contribution is 7.16. The van der Waals surface area contributed by atoms with Gasteiger partial charge in [-0.25, -0.2) is 4.98 Å². The minimum Gasteiger partial charge on any atom is -0.346 e. The maximum atomic E-state index is 5.95. The second kappa shape index (κ2) is 5.79. The van der Waals surface area contributed by atoms with E-state index in [0.29, 0.717) is 0 Å². The molecule has 0 aromatic carbocycles. The first kappa shape index (κ1) is 13.4. The Morgan fingerprint density at radius 1 is 1.47 bits per heavy atom. The summed E-state index contributed by atoms with van der Waals surface area (Å²) in [6.07, 6.45) is 2.63. The summed E-state index contributed by atoms with van der Waals surface area (Å²) in [5.74, 6) is 0. The molecule has 102 valence electrons. The monoisotopic (exact) mass is 313 g/mol. The van der Waals surface area contributed by atoms with Gasteiger partial charge in [0.15, 0.2) is 5.13 Å². The van der Waals surface area contributed by atoms with Crippen LogP contribution in [0.1, 0.15) is 23.4 Å². The molecule has 0 amide bonds. The third kappa shape index (κ3) is 3.69. The minimum absolute atomic E-state index is 0.733. The number of nitrogens with zero attached hydrogens (tertiary/aromatic N) is 2. The van der Waals surface area contributed by atoms with Gasteiger partial charge >= 0.3 is 0 Å². The van der Waals surface area contributed by atoms with E-state index < -0.39 is 0 Å². The second-order valence-corrected chi connectivity index (χ2v) is 7.47. The zero-order chi connectivity index (χ0) is 13.2. The van der Waals surface area contributed by atoms with Gasteiger partial charge in [-0.15, -0.1) is 22.7 Å². The molecule has 19 heavy (non-hydrogen) atoms. The Kier molecular flexibility index (Phi) is 4.07. The third-order valence-electron chi connectivity index (χ3n) is 3.04. The standard InChI is InChI=1S/C13H16ClN3S2/c1-17(7-11-4-5-12(14)19-11)13-16-10(8-18-13)6-15-9-2-3-9/h4-5,8-9,15H,2-3,6-7H2,1H3. The predicted octanol–water partition coefficient (Wildman–Crippen LogP) is 3.75. The molecule has 1 saturated carbocycles. The van der Waals surface area contributed by atoms with Gasteiger partial charge in [0, 0.05) is 29.9 Å². The summed E-state index contributed by atoms with van der Waals surface area (Å²) >= 11 is 9.28. The number of halogens is 1. The molecular weight excluding hydrogens is 298 g/mol. The summed E-state index contributed by atoms with van der Waals surface area (Å²) in [5.41, 5.74) is 1.14. The van der Waals surface area contributed by atoms with Gasteiger partial charge in [0.2, 0.25) is 0 Å². The maximum absolute atomic E-state index is 5.95. The van der Waals surface area contributed by atoms with Crippen LogP contribution in [-0.4, -0.2) is 18.1 Å². The molecule has 0 spiro atoms. The fourth-order valence-electron chi connectivity index (χ4n) is 1.83. The largest absolute Gasteiger partial charge is 0.346 e. The molecule has 1 fully saturated rings. The summed E-state index contributed by atoms with van der Waals surface area (Å²) < 4.78 is 0.844. The Balaban J connectivity index is 1.57. The van der Waals surface area contributed by atoms with E-state index in [-0.39, 0.29) is 0 Å². The van der Waals surface area contributed by atoms with Crippen molar-refractivity contribution < 1.29 is 0 Å². The molecule has 6 heteroatoms. The van der Waals surface area contributed by atoms with E-state index in [4.69, 9.17) is 11.6 Å². The topological polar surface area (TPSA) is 28.2 Å². The first-order valence-corrected chi connectivity index (χ1v) is 8.41. The molecule has 0 unspecified atom stereocenters. The van der Waals surface area contributed by atoms with Crippen LogP contribution >= 0.6 is 34.3 Å². The molecule has 2 aromatic rings. The number of thiophene rings is 1. The van der Waals surface area contributed by atoms with Crippen molar-refractivity contribution in [3.63, 3.8) is 0 Å². The summed E-state index contributed by atoms with van der Waals surface area (Å²) in [4.78, 5) is 8.10. The number of thiazole rings is 1. The van der Waals surface area contributed by atoms with Crippen LogP contribution in [0.25, 0.3) is 0 Å². The van der Waals surface area contributed by atoms with Crippen LogP contribution < -0.4 is 10.2 Å². The van der Waals surface area contributed by atoms with Gasteiger partial charge in [-0.1, -0.05) is 11.6 Å².